The molecule has 3 atom stereocenters. The minimum absolute atomic E-state index is 0.103. The molecule has 0 saturated heterocycles. The summed E-state index contributed by atoms with van der Waals surface area (Å²) in [5, 5.41) is 0. The molecule has 2 aliphatic rings. The topological polar surface area (TPSA) is 44.8 Å². The summed E-state index contributed by atoms with van der Waals surface area (Å²) in [6.45, 7) is 8.09. The maximum absolute atomic E-state index is 11.7. The van der Waals surface area contributed by atoms with E-state index in [4.69, 9.17) is 14.2 Å². The van der Waals surface area contributed by atoms with Gasteiger partial charge in [-0.1, -0.05) is 19.9 Å². The first-order valence-corrected chi connectivity index (χ1v) is 8.89. The van der Waals surface area contributed by atoms with E-state index in [1.807, 2.05) is 12.1 Å². The Hall–Kier alpha value is -1.97. The molecule has 0 heterocycles. The van der Waals surface area contributed by atoms with E-state index in [1.54, 1.807) is 14.2 Å². The lowest BCUT2D eigenvalue weighted by atomic mass is 9.56. The van der Waals surface area contributed by atoms with Crippen LogP contribution in [0.1, 0.15) is 45.2 Å². The first-order valence-electron chi connectivity index (χ1n) is 8.89. The van der Waals surface area contributed by atoms with Gasteiger partial charge in [0.15, 0.2) is 0 Å². The zero-order chi connectivity index (χ0) is 18.4. The van der Waals surface area contributed by atoms with E-state index >= 15 is 0 Å². The van der Waals surface area contributed by atoms with Crippen molar-refractivity contribution in [2.45, 2.75) is 52.1 Å². The number of allylic oxidation sites excluding steroid dienone is 1. The lowest BCUT2D eigenvalue weighted by Crippen LogP contribution is -2.48. The van der Waals surface area contributed by atoms with Crippen LogP contribution < -0.4 is 9.47 Å². The molecule has 4 heteroatoms. The number of carbonyl (C=O) groups excluding carboxylic acids is 1. The van der Waals surface area contributed by atoms with Gasteiger partial charge in [-0.25, -0.2) is 0 Å². The Morgan fingerprint density at radius 1 is 1.16 bits per heavy atom. The molecule has 0 N–H and O–H groups in total. The van der Waals surface area contributed by atoms with Crippen molar-refractivity contribution in [3.8, 4) is 11.5 Å². The van der Waals surface area contributed by atoms with Gasteiger partial charge in [0.2, 0.25) is 0 Å². The third-order valence-electron chi connectivity index (χ3n) is 6.02. The molecule has 136 valence electrons. The third-order valence-corrected chi connectivity index (χ3v) is 6.02. The first-order chi connectivity index (χ1) is 11.8. The molecule has 0 fully saturated rings. The summed E-state index contributed by atoms with van der Waals surface area (Å²) in [7, 11) is 3.42. The van der Waals surface area contributed by atoms with Crippen molar-refractivity contribution < 1.29 is 19.0 Å². The van der Waals surface area contributed by atoms with Crippen molar-refractivity contribution in [3.05, 3.63) is 34.9 Å². The Morgan fingerprint density at radius 3 is 2.40 bits per heavy atom. The van der Waals surface area contributed by atoms with Crippen LogP contribution in [-0.4, -0.2) is 26.3 Å². The number of esters is 1. The highest BCUT2D eigenvalue weighted by atomic mass is 16.5. The van der Waals surface area contributed by atoms with Gasteiger partial charge in [-0.3, -0.25) is 4.79 Å². The maximum Gasteiger partial charge on any atom is 0.303 e. The molecule has 3 unspecified atom stereocenters. The summed E-state index contributed by atoms with van der Waals surface area (Å²) >= 11 is 0. The molecule has 0 saturated carbocycles. The Morgan fingerprint density at radius 2 is 1.80 bits per heavy atom. The van der Waals surface area contributed by atoms with Crippen LogP contribution in [0.2, 0.25) is 0 Å². The van der Waals surface area contributed by atoms with E-state index < -0.39 is 0 Å². The molecule has 2 aliphatic carbocycles. The SMILES string of the molecule is COc1ccc(OC)c2c1CC1C(OC(C)=O)C(C)=CCC1C2(C)C. The molecule has 25 heavy (non-hydrogen) atoms. The normalized spacial score (nSPS) is 26.8. The molecule has 0 bridgehead atoms. The lowest BCUT2D eigenvalue weighted by Gasteiger charge is -2.50. The number of hydrogen-bond acceptors (Lipinski definition) is 4. The van der Waals surface area contributed by atoms with E-state index in [-0.39, 0.29) is 23.4 Å². The van der Waals surface area contributed by atoms with E-state index in [0.717, 1.165) is 29.9 Å². The molecule has 0 radical (unpaired) electrons. The second kappa shape index (κ2) is 6.40. The van der Waals surface area contributed by atoms with Crippen LogP contribution in [0.4, 0.5) is 0 Å². The number of hydrogen-bond donors (Lipinski definition) is 0. The zero-order valence-corrected chi connectivity index (χ0v) is 16.0. The van der Waals surface area contributed by atoms with E-state index in [0.29, 0.717) is 5.92 Å². The number of methoxy groups -OCH3 is 2. The summed E-state index contributed by atoms with van der Waals surface area (Å²) in [4.78, 5) is 11.7. The van der Waals surface area contributed by atoms with Crippen molar-refractivity contribution in [2.24, 2.45) is 11.8 Å². The fraction of sp³-hybridized carbons (Fsp3) is 0.571. The average Bonchev–Trinajstić information content (AvgIpc) is 2.56. The van der Waals surface area contributed by atoms with Gasteiger partial charge < -0.3 is 14.2 Å². The molecule has 1 aromatic carbocycles. The maximum atomic E-state index is 11.7. The number of rotatable bonds is 3. The molecule has 4 nitrogen and oxygen atoms in total. The smallest absolute Gasteiger partial charge is 0.303 e. The Balaban J connectivity index is 2.15. The van der Waals surface area contributed by atoms with E-state index in [1.165, 1.54) is 18.1 Å². The molecule has 0 amide bonds. The van der Waals surface area contributed by atoms with Gasteiger partial charge in [-0.15, -0.1) is 0 Å². The van der Waals surface area contributed by atoms with Crippen LogP contribution in [0, 0.1) is 11.8 Å². The summed E-state index contributed by atoms with van der Waals surface area (Å²) in [5.74, 6) is 2.21. The predicted octanol–water partition coefficient (Wildman–Crippen LogP) is 4.05. The van der Waals surface area contributed by atoms with Crippen LogP contribution in [0.5, 0.6) is 11.5 Å². The zero-order valence-electron chi connectivity index (χ0n) is 16.0. The number of fused-ring (bicyclic) bond motifs is 2. The number of ether oxygens (including phenoxy) is 3. The highest BCUT2D eigenvalue weighted by Crippen LogP contribution is 2.54. The summed E-state index contributed by atoms with van der Waals surface area (Å²) < 4.78 is 17.1. The van der Waals surface area contributed by atoms with Crippen molar-refractivity contribution in [1.82, 2.24) is 0 Å². The second-order valence-electron chi connectivity index (χ2n) is 7.73. The van der Waals surface area contributed by atoms with Gasteiger partial charge in [0.05, 0.1) is 14.2 Å². The molecule has 3 rings (SSSR count). The molecule has 1 aromatic rings. The minimum atomic E-state index is -0.223. The first kappa shape index (κ1) is 17.8. The van der Waals surface area contributed by atoms with Gasteiger partial charge in [0, 0.05) is 24.0 Å². The van der Waals surface area contributed by atoms with Crippen LogP contribution in [0.15, 0.2) is 23.8 Å². The van der Waals surface area contributed by atoms with Gasteiger partial charge in [0.25, 0.3) is 0 Å². The van der Waals surface area contributed by atoms with Gasteiger partial charge in [-0.05, 0) is 48.8 Å². The van der Waals surface area contributed by atoms with Crippen LogP contribution in [0.3, 0.4) is 0 Å². The van der Waals surface area contributed by atoms with Gasteiger partial charge in [-0.2, -0.15) is 0 Å². The van der Waals surface area contributed by atoms with Gasteiger partial charge >= 0.3 is 5.97 Å². The fourth-order valence-electron chi connectivity index (χ4n) is 4.89. The van der Waals surface area contributed by atoms with Crippen molar-refractivity contribution in [2.75, 3.05) is 14.2 Å². The highest BCUT2D eigenvalue weighted by molar-refractivity contribution is 5.66. The van der Waals surface area contributed by atoms with Crippen LogP contribution >= 0.6 is 0 Å². The van der Waals surface area contributed by atoms with Crippen molar-refractivity contribution >= 4 is 5.97 Å². The molecular weight excluding hydrogens is 316 g/mol. The van der Waals surface area contributed by atoms with Crippen LogP contribution in [-0.2, 0) is 21.4 Å². The number of carbonyl (C=O) groups is 1. The minimum Gasteiger partial charge on any atom is -0.496 e. The molecule has 0 aromatic heterocycles. The van der Waals surface area contributed by atoms with Crippen molar-refractivity contribution in [3.63, 3.8) is 0 Å². The summed E-state index contributed by atoms with van der Waals surface area (Å²) in [5.41, 5.74) is 3.45. The fourth-order valence-corrected chi connectivity index (χ4v) is 4.89. The molecule has 0 aliphatic heterocycles. The Kier molecular flexibility index (Phi) is 4.56. The van der Waals surface area contributed by atoms with Crippen LogP contribution in [0.25, 0.3) is 0 Å². The summed E-state index contributed by atoms with van der Waals surface area (Å²) in [6, 6.07) is 3.97. The molecular formula is C21H28O4. The van der Waals surface area contributed by atoms with Crippen molar-refractivity contribution in [1.29, 1.82) is 0 Å². The average molecular weight is 344 g/mol. The van der Waals surface area contributed by atoms with E-state index in [2.05, 4.69) is 26.8 Å². The largest absolute Gasteiger partial charge is 0.496 e. The molecule has 0 spiro atoms. The Bertz CT molecular complexity index is 717. The Labute approximate surface area is 150 Å². The lowest BCUT2D eigenvalue weighted by molar-refractivity contribution is -0.149. The summed E-state index contributed by atoms with van der Waals surface area (Å²) in [6.07, 6.45) is 3.88. The van der Waals surface area contributed by atoms with Gasteiger partial charge in [0.1, 0.15) is 17.6 Å². The third kappa shape index (κ3) is 2.82. The highest BCUT2D eigenvalue weighted by Gasteiger charge is 2.49. The second-order valence-corrected chi connectivity index (χ2v) is 7.73. The monoisotopic (exact) mass is 344 g/mol. The standard InChI is InChI=1S/C21H28O4/c1-12-7-8-16-14(20(12)25-13(2)22)11-15-17(23-5)9-10-18(24-6)19(15)21(16,3)4/h7,9-10,14,16,20H,8,11H2,1-6H3. The predicted molar refractivity (Wildman–Crippen MR) is 97.2 cm³/mol. The number of benzene rings is 1. The quantitative estimate of drug-likeness (QED) is 0.613. The van der Waals surface area contributed by atoms with E-state index in [9.17, 15) is 4.79 Å².